The van der Waals surface area contributed by atoms with Gasteiger partial charge in [0.05, 0.1) is 4.90 Å². The Morgan fingerprint density at radius 1 is 1.03 bits per heavy atom. The van der Waals surface area contributed by atoms with Gasteiger partial charge in [0.15, 0.2) is 0 Å². The van der Waals surface area contributed by atoms with E-state index in [9.17, 15) is 35.2 Å². The van der Waals surface area contributed by atoms with Gasteiger partial charge in [-0.05, 0) is 49.2 Å². The van der Waals surface area contributed by atoms with E-state index in [4.69, 9.17) is 0 Å². The molecule has 1 heterocycles. The van der Waals surface area contributed by atoms with E-state index in [1.807, 2.05) is 0 Å². The van der Waals surface area contributed by atoms with Crippen LogP contribution in [0.1, 0.15) is 12.8 Å². The van der Waals surface area contributed by atoms with E-state index in [1.54, 1.807) is 0 Å². The van der Waals surface area contributed by atoms with Gasteiger partial charge in [0.25, 0.3) is 0 Å². The highest BCUT2D eigenvalue weighted by Crippen LogP contribution is 2.29. The molecule has 0 atom stereocenters. The number of benzene rings is 2. The van der Waals surface area contributed by atoms with Crippen molar-refractivity contribution in [2.45, 2.75) is 30.7 Å². The lowest BCUT2D eigenvalue weighted by molar-refractivity contribution is -0.274. The lowest BCUT2D eigenvalue weighted by Gasteiger charge is -2.30. The third-order valence-electron chi connectivity index (χ3n) is 4.85. The summed E-state index contributed by atoms with van der Waals surface area (Å²) in [6, 6.07) is 9.43. The fourth-order valence-corrected chi connectivity index (χ4v) is 4.81. The van der Waals surface area contributed by atoms with Crippen molar-refractivity contribution < 1.29 is 44.6 Å². The molecule has 1 aliphatic rings. The van der Waals surface area contributed by atoms with Gasteiger partial charge in [0, 0.05) is 30.8 Å². The number of anilines is 1. The molecule has 0 bridgehead atoms. The molecule has 13 heteroatoms. The summed E-state index contributed by atoms with van der Waals surface area (Å²) in [5, 5.41) is 2.63. The van der Waals surface area contributed by atoms with Gasteiger partial charge in [0.2, 0.25) is 15.9 Å². The summed E-state index contributed by atoms with van der Waals surface area (Å²) < 4.78 is 96.3. The number of hydrogen-bond acceptors (Lipinski definition) is 5. The number of piperidine rings is 1. The number of ether oxygens (including phenoxy) is 2. The molecule has 1 aliphatic heterocycles. The van der Waals surface area contributed by atoms with Crippen molar-refractivity contribution in [1.29, 1.82) is 0 Å². The summed E-state index contributed by atoms with van der Waals surface area (Å²) in [5.41, 5.74) is 0.359. The first-order valence-electron chi connectivity index (χ1n) is 9.66. The fraction of sp³-hybridized carbons (Fsp3) is 0.350. The summed E-state index contributed by atoms with van der Waals surface area (Å²) in [6.45, 7) is -2.98. The molecule has 0 unspecified atom stereocenters. The average Bonchev–Trinajstić information content (AvgIpc) is 2.74. The lowest BCUT2D eigenvalue weighted by Crippen LogP contribution is -2.41. The minimum Gasteiger partial charge on any atom is -0.435 e. The zero-order valence-electron chi connectivity index (χ0n) is 16.9. The van der Waals surface area contributed by atoms with Crippen molar-refractivity contribution in [3.8, 4) is 11.5 Å². The molecule has 0 spiro atoms. The number of carbonyl (C=O) groups excluding carboxylic acids is 1. The highest BCUT2D eigenvalue weighted by atomic mass is 32.2. The van der Waals surface area contributed by atoms with Gasteiger partial charge in [0.1, 0.15) is 11.5 Å². The van der Waals surface area contributed by atoms with Crippen LogP contribution in [0.2, 0.25) is 0 Å². The Kier molecular flexibility index (Phi) is 7.42. The Balaban J connectivity index is 1.58. The molecule has 180 valence electrons. The number of rotatable bonds is 7. The van der Waals surface area contributed by atoms with Crippen LogP contribution in [0.25, 0.3) is 0 Å². The number of alkyl halides is 5. The molecule has 0 aromatic heterocycles. The first kappa shape index (κ1) is 24.7. The zero-order chi connectivity index (χ0) is 24.2. The van der Waals surface area contributed by atoms with Gasteiger partial charge in [-0.25, -0.2) is 8.42 Å². The molecular formula is C20H19F5N2O5S. The van der Waals surface area contributed by atoms with E-state index in [1.165, 1.54) is 30.3 Å². The van der Waals surface area contributed by atoms with Gasteiger partial charge in [-0.2, -0.15) is 13.1 Å². The van der Waals surface area contributed by atoms with Crippen molar-refractivity contribution >= 4 is 21.6 Å². The second-order valence-corrected chi connectivity index (χ2v) is 9.03. The standard InChI is InChI=1S/C20H19F5N2O5S/c21-19(22)31-15-6-4-14(5-7-15)26-18(28)13-8-10-27(11-9-13)33(29,30)17-3-1-2-16(12-17)32-20(23,24)25/h1-7,12-13,19H,8-11H2,(H,26,28). The molecule has 33 heavy (non-hydrogen) atoms. The molecule has 0 saturated carbocycles. The van der Waals surface area contributed by atoms with E-state index in [0.717, 1.165) is 22.5 Å². The predicted molar refractivity (Wildman–Crippen MR) is 106 cm³/mol. The first-order valence-corrected chi connectivity index (χ1v) is 11.1. The van der Waals surface area contributed by atoms with Crippen molar-refractivity contribution in [2.75, 3.05) is 18.4 Å². The van der Waals surface area contributed by atoms with Crippen LogP contribution >= 0.6 is 0 Å². The number of sulfonamides is 1. The van der Waals surface area contributed by atoms with Crippen molar-refractivity contribution in [1.82, 2.24) is 4.31 Å². The average molecular weight is 494 g/mol. The molecule has 1 amide bonds. The normalized spacial score (nSPS) is 15.9. The van der Waals surface area contributed by atoms with E-state index in [2.05, 4.69) is 14.8 Å². The summed E-state index contributed by atoms with van der Waals surface area (Å²) in [5.74, 6) is -1.59. The number of nitrogens with zero attached hydrogens (tertiary/aromatic N) is 1. The van der Waals surface area contributed by atoms with E-state index in [-0.39, 0.29) is 42.5 Å². The largest absolute Gasteiger partial charge is 0.573 e. The number of carbonyl (C=O) groups is 1. The van der Waals surface area contributed by atoms with Crippen LogP contribution in [-0.4, -0.2) is 44.7 Å². The summed E-state index contributed by atoms with van der Waals surface area (Å²) >= 11 is 0. The molecule has 1 N–H and O–H groups in total. The molecule has 3 rings (SSSR count). The Morgan fingerprint density at radius 2 is 1.67 bits per heavy atom. The molecule has 0 radical (unpaired) electrons. The molecular weight excluding hydrogens is 475 g/mol. The van der Waals surface area contributed by atoms with Gasteiger partial charge in [-0.3, -0.25) is 4.79 Å². The Labute approximate surface area is 186 Å². The lowest BCUT2D eigenvalue weighted by atomic mass is 9.97. The summed E-state index contributed by atoms with van der Waals surface area (Å²) in [7, 11) is -4.08. The topological polar surface area (TPSA) is 84.9 Å². The number of nitrogens with one attached hydrogen (secondary N) is 1. The van der Waals surface area contributed by atoms with E-state index in [0.29, 0.717) is 5.69 Å². The second-order valence-electron chi connectivity index (χ2n) is 7.09. The maximum Gasteiger partial charge on any atom is 0.573 e. The zero-order valence-corrected chi connectivity index (χ0v) is 17.7. The predicted octanol–water partition coefficient (Wildman–Crippen LogP) is 4.23. The van der Waals surface area contributed by atoms with Gasteiger partial charge >= 0.3 is 13.0 Å². The van der Waals surface area contributed by atoms with Crippen molar-refractivity contribution in [3.63, 3.8) is 0 Å². The monoisotopic (exact) mass is 494 g/mol. The van der Waals surface area contributed by atoms with Crippen LogP contribution in [0.3, 0.4) is 0 Å². The minimum atomic E-state index is -4.95. The number of halogens is 5. The number of hydrogen-bond donors (Lipinski definition) is 1. The minimum absolute atomic E-state index is 0.00799. The van der Waals surface area contributed by atoms with Crippen LogP contribution < -0.4 is 14.8 Å². The smallest absolute Gasteiger partial charge is 0.435 e. The van der Waals surface area contributed by atoms with Gasteiger partial charge in [-0.15, -0.1) is 13.2 Å². The molecule has 2 aromatic carbocycles. The Morgan fingerprint density at radius 3 is 2.24 bits per heavy atom. The summed E-state index contributed by atoms with van der Waals surface area (Å²) in [6.07, 6.45) is -4.57. The second kappa shape index (κ2) is 9.91. The molecule has 1 saturated heterocycles. The van der Waals surface area contributed by atoms with Crippen molar-refractivity contribution in [2.24, 2.45) is 5.92 Å². The van der Waals surface area contributed by atoms with Crippen LogP contribution in [0.15, 0.2) is 53.4 Å². The molecule has 7 nitrogen and oxygen atoms in total. The third-order valence-corrected chi connectivity index (χ3v) is 6.74. The highest BCUT2D eigenvalue weighted by molar-refractivity contribution is 7.89. The summed E-state index contributed by atoms with van der Waals surface area (Å²) in [4.78, 5) is 12.1. The maximum atomic E-state index is 12.8. The van der Waals surface area contributed by atoms with Gasteiger partial charge in [-0.1, -0.05) is 6.07 Å². The molecule has 1 fully saturated rings. The van der Waals surface area contributed by atoms with Crippen LogP contribution in [0.5, 0.6) is 11.5 Å². The van der Waals surface area contributed by atoms with Crippen LogP contribution in [-0.2, 0) is 14.8 Å². The van der Waals surface area contributed by atoms with Gasteiger partial charge < -0.3 is 14.8 Å². The fourth-order valence-electron chi connectivity index (χ4n) is 3.30. The Bertz CT molecular complexity index is 1070. The third kappa shape index (κ3) is 6.78. The van der Waals surface area contributed by atoms with E-state index < -0.39 is 34.7 Å². The number of amides is 1. The van der Waals surface area contributed by atoms with Crippen LogP contribution in [0, 0.1) is 5.92 Å². The SMILES string of the molecule is O=C(Nc1ccc(OC(F)F)cc1)C1CCN(S(=O)(=O)c2cccc(OC(F)(F)F)c2)CC1. The van der Waals surface area contributed by atoms with Crippen molar-refractivity contribution in [3.05, 3.63) is 48.5 Å². The van der Waals surface area contributed by atoms with Crippen LogP contribution in [0.4, 0.5) is 27.6 Å². The highest BCUT2D eigenvalue weighted by Gasteiger charge is 2.34. The molecule has 2 aromatic rings. The maximum absolute atomic E-state index is 12.8. The molecule has 0 aliphatic carbocycles. The quantitative estimate of drug-likeness (QED) is 0.583. The Hall–Kier alpha value is -2.93. The first-order chi connectivity index (χ1) is 15.4. The van der Waals surface area contributed by atoms with E-state index >= 15 is 0 Å².